The van der Waals surface area contributed by atoms with Crippen LogP contribution in [0.2, 0.25) is 0 Å². The van der Waals surface area contributed by atoms with Crippen LogP contribution >= 0.6 is 15.9 Å². The van der Waals surface area contributed by atoms with Gasteiger partial charge in [-0.1, -0.05) is 34.1 Å². The number of anilines is 1. The average Bonchev–Trinajstić information content (AvgIpc) is 2.46. The minimum absolute atomic E-state index is 0.500. The standard InChI is InChI=1S/C16H20BrN3/c1-12-11-19(2)7-8-20(12)16-14(10-17)9-13-5-3-4-6-15(13)18-16/h3-6,9,12H,7-8,10-11H2,1-2H3. The first-order valence-corrected chi connectivity index (χ1v) is 8.21. The van der Waals surface area contributed by atoms with Crippen LogP contribution in [0, 0.1) is 0 Å². The Hall–Kier alpha value is -1.13. The van der Waals surface area contributed by atoms with Crippen molar-refractivity contribution in [3.05, 3.63) is 35.9 Å². The molecular weight excluding hydrogens is 314 g/mol. The quantitative estimate of drug-likeness (QED) is 0.786. The van der Waals surface area contributed by atoms with Crippen LogP contribution in [0.1, 0.15) is 12.5 Å². The number of nitrogens with zero attached hydrogens (tertiary/aromatic N) is 3. The van der Waals surface area contributed by atoms with E-state index >= 15 is 0 Å². The number of halogens is 1. The zero-order valence-electron chi connectivity index (χ0n) is 12.0. The van der Waals surface area contributed by atoms with Gasteiger partial charge in [0, 0.05) is 42.0 Å². The molecule has 1 unspecified atom stereocenters. The Morgan fingerprint density at radius 1 is 1.30 bits per heavy atom. The fraction of sp³-hybridized carbons (Fsp3) is 0.438. The van der Waals surface area contributed by atoms with Crippen molar-refractivity contribution < 1.29 is 0 Å². The summed E-state index contributed by atoms with van der Waals surface area (Å²) in [4.78, 5) is 9.75. The van der Waals surface area contributed by atoms with Crippen molar-refractivity contribution in [2.24, 2.45) is 0 Å². The molecule has 1 aliphatic heterocycles. The lowest BCUT2D eigenvalue weighted by Crippen LogP contribution is -2.51. The number of likely N-dealkylation sites (N-methyl/N-ethyl adjacent to an activating group) is 1. The zero-order valence-corrected chi connectivity index (χ0v) is 13.6. The molecule has 0 spiro atoms. The van der Waals surface area contributed by atoms with Gasteiger partial charge in [0.1, 0.15) is 5.82 Å². The minimum Gasteiger partial charge on any atom is -0.351 e. The van der Waals surface area contributed by atoms with E-state index in [1.165, 1.54) is 10.9 Å². The van der Waals surface area contributed by atoms with Gasteiger partial charge in [0.2, 0.25) is 0 Å². The lowest BCUT2D eigenvalue weighted by atomic mass is 10.1. The highest BCUT2D eigenvalue weighted by atomic mass is 79.9. The third kappa shape index (κ3) is 2.54. The molecule has 4 heteroatoms. The van der Waals surface area contributed by atoms with Gasteiger partial charge in [-0.2, -0.15) is 0 Å². The van der Waals surface area contributed by atoms with Crippen LogP contribution in [0.15, 0.2) is 30.3 Å². The molecule has 20 heavy (non-hydrogen) atoms. The summed E-state index contributed by atoms with van der Waals surface area (Å²) < 4.78 is 0. The summed E-state index contributed by atoms with van der Waals surface area (Å²) in [7, 11) is 2.19. The number of para-hydroxylation sites is 1. The third-order valence-corrected chi connectivity index (χ3v) is 4.63. The van der Waals surface area contributed by atoms with Crippen molar-refractivity contribution >= 4 is 32.7 Å². The van der Waals surface area contributed by atoms with Gasteiger partial charge in [0.25, 0.3) is 0 Å². The SMILES string of the molecule is CC1CN(C)CCN1c1nc2ccccc2cc1CBr. The summed E-state index contributed by atoms with van der Waals surface area (Å²) in [6.07, 6.45) is 0. The monoisotopic (exact) mass is 333 g/mol. The van der Waals surface area contributed by atoms with Crippen LogP contribution in [0.3, 0.4) is 0 Å². The molecule has 1 aliphatic rings. The number of pyridine rings is 1. The largest absolute Gasteiger partial charge is 0.351 e. The highest BCUT2D eigenvalue weighted by molar-refractivity contribution is 9.08. The normalized spacial score (nSPS) is 20.6. The molecule has 0 aliphatic carbocycles. The minimum atomic E-state index is 0.500. The van der Waals surface area contributed by atoms with E-state index in [-0.39, 0.29) is 0 Å². The molecule has 1 saturated heterocycles. The van der Waals surface area contributed by atoms with Gasteiger partial charge in [-0.05, 0) is 26.1 Å². The van der Waals surface area contributed by atoms with E-state index < -0.39 is 0 Å². The number of aromatic nitrogens is 1. The molecule has 106 valence electrons. The van der Waals surface area contributed by atoms with Crippen molar-refractivity contribution in [2.75, 3.05) is 31.6 Å². The van der Waals surface area contributed by atoms with E-state index in [2.05, 4.69) is 70.0 Å². The smallest absolute Gasteiger partial charge is 0.133 e. The average molecular weight is 334 g/mol. The van der Waals surface area contributed by atoms with Crippen LogP contribution in [-0.4, -0.2) is 42.6 Å². The van der Waals surface area contributed by atoms with Gasteiger partial charge >= 0.3 is 0 Å². The summed E-state index contributed by atoms with van der Waals surface area (Å²) in [5, 5.41) is 2.06. The second-order valence-electron chi connectivity index (χ2n) is 5.60. The summed E-state index contributed by atoms with van der Waals surface area (Å²) in [6.45, 7) is 5.52. The van der Waals surface area contributed by atoms with Gasteiger partial charge in [-0.3, -0.25) is 0 Å². The van der Waals surface area contributed by atoms with Crippen LogP contribution < -0.4 is 4.90 Å². The summed E-state index contributed by atoms with van der Waals surface area (Å²) in [6, 6.07) is 11.1. The lowest BCUT2D eigenvalue weighted by Gasteiger charge is -2.39. The fourth-order valence-corrected chi connectivity index (χ4v) is 3.36. The molecule has 0 saturated carbocycles. The topological polar surface area (TPSA) is 19.4 Å². The first kappa shape index (κ1) is 13.8. The Morgan fingerprint density at radius 3 is 2.85 bits per heavy atom. The molecule has 0 radical (unpaired) electrons. The number of rotatable bonds is 2. The lowest BCUT2D eigenvalue weighted by molar-refractivity contribution is 0.274. The number of hydrogen-bond acceptors (Lipinski definition) is 3. The van der Waals surface area contributed by atoms with Gasteiger partial charge < -0.3 is 9.80 Å². The zero-order chi connectivity index (χ0) is 14.1. The van der Waals surface area contributed by atoms with Gasteiger partial charge in [-0.15, -0.1) is 0 Å². The Labute approximate surface area is 128 Å². The van der Waals surface area contributed by atoms with Crippen molar-refractivity contribution in [1.82, 2.24) is 9.88 Å². The van der Waals surface area contributed by atoms with Gasteiger partial charge in [0.05, 0.1) is 5.52 Å². The molecule has 3 rings (SSSR count). The fourth-order valence-electron chi connectivity index (χ4n) is 2.95. The number of benzene rings is 1. The van der Waals surface area contributed by atoms with Gasteiger partial charge in [-0.25, -0.2) is 4.98 Å². The molecule has 2 aromatic rings. The van der Waals surface area contributed by atoms with Crippen molar-refractivity contribution in [1.29, 1.82) is 0 Å². The number of fused-ring (bicyclic) bond motifs is 1. The predicted octanol–water partition coefficient (Wildman–Crippen LogP) is 3.27. The second-order valence-corrected chi connectivity index (χ2v) is 6.16. The maximum Gasteiger partial charge on any atom is 0.133 e. The molecule has 1 atom stereocenters. The maximum absolute atomic E-state index is 4.92. The molecular formula is C16H20BrN3. The van der Waals surface area contributed by atoms with E-state index in [1.54, 1.807) is 0 Å². The molecule has 3 nitrogen and oxygen atoms in total. The van der Waals surface area contributed by atoms with E-state index in [1.807, 2.05) is 0 Å². The van der Waals surface area contributed by atoms with Crippen LogP contribution in [-0.2, 0) is 5.33 Å². The van der Waals surface area contributed by atoms with Crippen molar-refractivity contribution in [3.8, 4) is 0 Å². The summed E-state index contributed by atoms with van der Waals surface area (Å²) in [5.41, 5.74) is 2.36. The highest BCUT2D eigenvalue weighted by Gasteiger charge is 2.24. The summed E-state index contributed by atoms with van der Waals surface area (Å²) in [5.74, 6) is 1.14. The molecule has 1 fully saturated rings. The first-order valence-electron chi connectivity index (χ1n) is 7.09. The molecule has 0 amide bonds. The Bertz CT molecular complexity index is 614. The van der Waals surface area contributed by atoms with E-state index in [4.69, 9.17) is 4.98 Å². The summed E-state index contributed by atoms with van der Waals surface area (Å²) >= 11 is 3.62. The van der Waals surface area contributed by atoms with E-state index in [9.17, 15) is 0 Å². The molecule has 1 aromatic carbocycles. The van der Waals surface area contributed by atoms with E-state index in [0.717, 1.165) is 36.3 Å². The first-order chi connectivity index (χ1) is 9.69. The highest BCUT2D eigenvalue weighted by Crippen LogP contribution is 2.28. The third-order valence-electron chi connectivity index (χ3n) is 4.03. The Balaban J connectivity index is 2.05. The number of alkyl halides is 1. The van der Waals surface area contributed by atoms with Crippen LogP contribution in [0.5, 0.6) is 0 Å². The van der Waals surface area contributed by atoms with Crippen molar-refractivity contribution in [2.45, 2.75) is 18.3 Å². The van der Waals surface area contributed by atoms with Crippen molar-refractivity contribution in [3.63, 3.8) is 0 Å². The molecule has 0 bridgehead atoms. The molecule has 1 aromatic heterocycles. The van der Waals surface area contributed by atoms with Crippen LogP contribution in [0.4, 0.5) is 5.82 Å². The Kier molecular flexibility index (Phi) is 3.94. The second kappa shape index (κ2) is 5.70. The molecule has 0 N–H and O–H groups in total. The maximum atomic E-state index is 4.92. The number of piperazine rings is 1. The predicted molar refractivity (Wildman–Crippen MR) is 88.7 cm³/mol. The Morgan fingerprint density at radius 2 is 2.10 bits per heavy atom. The molecule has 2 heterocycles. The number of hydrogen-bond donors (Lipinski definition) is 0. The van der Waals surface area contributed by atoms with Gasteiger partial charge in [0.15, 0.2) is 0 Å². The van der Waals surface area contributed by atoms with E-state index in [0.29, 0.717) is 6.04 Å². The van der Waals surface area contributed by atoms with Crippen LogP contribution in [0.25, 0.3) is 10.9 Å².